The van der Waals surface area contributed by atoms with Gasteiger partial charge in [0, 0.05) is 4.47 Å². The van der Waals surface area contributed by atoms with Crippen molar-refractivity contribution in [1.82, 2.24) is 15.0 Å². The first-order valence-corrected chi connectivity index (χ1v) is 5.60. The van der Waals surface area contributed by atoms with Crippen LogP contribution in [0.1, 0.15) is 11.3 Å². The number of nitrogens with zero attached hydrogens (tertiary/aromatic N) is 3. The number of alkyl halides is 3. The number of halogens is 4. The molecule has 8 heteroatoms. The van der Waals surface area contributed by atoms with Gasteiger partial charge in [0.25, 0.3) is 0 Å². The Balaban J connectivity index is 2.49. The molecule has 1 N–H and O–H groups in total. The molecule has 1 heterocycles. The van der Waals surface area contributed by atoms with Gasteiger partial charge in [-0.15, -0.1) is 5.10 Å². The van der Waals surface area contributed by atoms with Gasteiger partial charge in [-0.05, 0) is 34.1 Å². The van der Waals surface area contributed by atoms with Crippen molar-refractivity contribution in [2.75, 3.05) is 0 Å². The van der Waals surface area contributed by atoms with Gasteiger partial charge >= 0.3 is 6.18 Å². The van der Waals surface area contributed by atoms with E-state index in [9.17, 15) is 13.2 Å². The van der Waals surface area contributed by atoms with E-state index < -0.39 is 11.7 Å². The first-order chi connectivity index (χ1) is 8.41. The van der Waals surface area contributed by atoms with Gasteiger partial charge in [-0.2, -0.15) is 13.2 Å². The van der Waals surface area contributed by atoms with Gasteiger partial charge in [0.1, 0.15) is 5.69 Å². The highest BCUT2D eigenvalue weighted by Crippen LogP contribution is 2.32. The minimum absolute atomic E-state index is 0.206. The van der Waals surface area contributed by atoms with E-state index in [1.54, 1.807) is 0 Å². The Kier molecular flexibility index (Phi) is 3.40. The highest BCUT2D eigenvalue weighted by atomic mass is 79.9. The van der Waals surface area contributed by atoms with E-state index in [1.807, 2.05) is 0 Å². The quantitative estimate of drug-likeness (QED) is 0.924. The van der Waals surface area contributed by atoms with Crippen LogP contribution in [-0.2, 0) is 12.8 Å². The molecular formula is C10H7BrF3N3O. The summed E-state index contributed by atoms with van der Waals surface area (Å²) < 4.78 is 39.4. The van der Waals surface area contributed by atoms with Crippen LogP contribution < -0.4 is 0 Å². The van der Waals surface area contributed by atoms with Gasteiger partial charge in [-0.25, -0.2) is 4.68 Å². The Morgan fingerprint density at radius 1 is 1.33 bits per heavy atom. The lowest BCUT2D eigenvalue weighted by molar-refractivity contribution is -0.137. The minimum atomic E-state index is -4.42. The number of aromatic nitrogens is 3. The molecule has 18 heavy (non-hydrogen) atoms. The van der Waals surface area contributed by atoms with Crippen LogP contribution in [0.2, 0.25) is 0 Å². The van der Waals surface area contributed by atoms with Gasteiger partial charge in [0.05, 0.1) is 24.1 Å². The van der Waals surface area contributed by atoms with Crippen LogP contribution in [0.25, 0.3) is 5.69 Å². The molecule has 0 amide bonds. The summed E-state index contributed by atoms with van der Waals surface area (Å²) in [4.78, 5) is 0. The average molecular weight is 322 g/mol. The van der Waals surface area contributed by atoms with Crippen molar-refractivity contribution in [2.24, 2.45) is 0 Å². The Morgan fingerprint density at radius 2 is 2.06 bits per heavy atom. The number of rotatable bonds is 2. The highest BCUT2D eigenvalue weighted by Gasteiger charge is 2.31. The average Bonchev–Trinajstić information content (AvgIpc) is 2.76. The van der Waals surface area contributed by atoms with Crippen molar-refractivity contribution in [2.45, 2.75) is 12.8 Å². The smallest absolute Gasteiger partial charge is 0.390 e. The Labute approximate surface area is 108 Å². The molecule has 0 radical (unpaired) electrons. The van der Waals surface area contributed by atoms with E-state index in [-0.39, 0.29) is 18.0 Å². The predicted molar refractivity (Wildman–Crippen MR) is 60.0 cm³/mol. The molecule has 1 aromatic carbocycles. The summed E-state index contributed by atoms with van der Waals surface area (Å²) in [6.07, 6.45) is -3.06. The lowest BCUT2D eigenvalue weighted by Crippen LogP contribution is -2.07. The summed E-state index contributed by atoms with van der Waals surface area (Å²) in [7, 11) is 0. The minimum Gasteiger partial charge on any atom is -0.390 e. The molecule has 0 aliphatic heterocycles. The van der Waals surface area contributed by atoms with Crippen LogP contribution in [0.15, 0.2) is 28.9 Å². The lowest BCUT2D eigenvalue weighted by atomic mass is 10.2. The summed E-state index contributed by atoms with van der Waals surface area (Å²) in [5.41, 5.74) is -0.293. The molecule has 2 rings (SSSR count). The second-order valence-corrected chi connectivity index (χ2v) is 4.33. The standard InChI is InChI=1S/C10H7BrF3N3O/c11-8-2-1-6(10(12,13)14)3-9(8)17-4-7(5-18)15-16-17/h1-4,18H,5H2. The zero-order valence-corrected chi connectivity index (χ0v) is 10.4. The fraction of sp³-hybridized carbons (Fsp3) is 0.200. The maximum absolute atomic E-state index is 12.6. The van der Waals surface area contributed by atoms with E-state index in [0.29, 0.717) is 4.47 Å². The summed E-state index contributed by atoms with van der Waals surface area (Å²) in [5.74, 6) is 0. The Bertz CT molecular complexity index is 568. The molecule has 96 valence electrons. The van der Waals surface area contributed by atoms with E-state index in [2.05, 4.69) is 26.2 Å². The summed E-state index contributed by atoms with van der Waals surface area (Å²) >= 11 is 3.15. The Hall–Kier alpha value is -1.41. The molecule has 0 saturated heterocycles. The zero-order chi connectivity index (χ0) is 13.3. The van der Waals surface area contributed by atoms with Gasteiger partial charge < -0.3 is 5.11 Å². The number of benzene rings is 1. The van der Waals surface area contributed by atoms with Gasteiger partial charge in [0.2, 0.25) is 0 Å². The molecule has 0 aliphatic rings. The largest absolute Gasteiger partial charge is 0.416 e. The van der Waals surface area contributed by atoms with E-state index in [4.69, 9.17) is 5.11 Å². The van der Waals surface area contributed by atoms with Crippen LogP contribution in [0.3, 0.4) is 0 Å². The van der Waals surface area contributed by atoms with Crippen LogP contribution in [0, 0.1) is 0 Å². The summed E-state index contributed by atoms with van der Waals surface area (Å²) in [5, 5.41) is 16.1. The Morgan fingerprint density at radius 3 is 2.61 bits per heavy atom. The van der Waals surface area contributed by atoms with Crippen molar-refractivity contribution >= 4 is 15.9 Å². The van der Waals surface area contributed by atoms with E-state index in [0.717, 1.165) is 12.1 Å². The van der Waals surface area contributed by atoms with Crippen LogP contribution in [0.4, 0.5) is 13.2 Å². The van der Waals surface area contributed by atoms with Gasteiger partial charge in [-0.1, -0.05) is 5.21 Å². The van der Waals surface area contributed by atoms with Gasteiger partial charge in [0.15, 0.2) is 0 Å². The van der Waals surface area contributed by atoms with Crippen molar-refractivity contribution < 1.29 is 18.3 Å². The molecule has 2 aromatic rings. The molecule has 0 spiro atoms. The van der Waals surface area contributed by atoms with Crippen molar-refractivity contribution in [3.63, 3.8) is 0 Å². The van der Waals surface area contributed by atoms with Crippen LogP contribution in [-0.4, -0.2) is 20.1 Å². The third kappa shape index (κ3) is 2.54. The summed E-state index contributed by atoms with van der Waals surface area (Å²) in [6, 6.07) is 3.22. The molecule has 0 atom stereocenters. The van der Waals surface area contributed by atoms with Crippen molar-refractivity contribution in [1.29, 1.82) is 0 Å². The topological polar surface area (TPSA) is 50.9 Å². The first-order valence-electron chi connectivity index (χ1n) is 4.81. The van der Waals surface area contributed by atoms with Crippen LogP contribution >= 0.6 is 15.9 Å². The molecule has 4 nitrogen and oxygen atoms in total. The molecule has 0 fully saturated rings. The molecule has 0 bridgehead atoms. The van der Waals surface area contributed by atoms with E-state index in [1.165, 1.54) is 16.9 Å². The van der Waals surface area contributed by atoms with Crippen molar-refractivity contribution in [3.8, 4) is 5.69 Å². The third-order valence-electron chi connectivity index (χ3n) is 2.22. The number of hydrogen-bond acceptors (Lipinski definition) is 3. The molecule has 0 unspecified atom stereocenters. The fourth-order valence-electron chi connectivity index (χ4n) is 1.35. The molecule has 1 aromatic heterocycles. The normalized spacial score (nSPS) is 11.8. The number of hydrogen-bond donors (Lipinski definition) is 1. The third-order valence-corrected chi connectivity index (χ3v) is 2.89. The second kappa shape index (κ2) is 4.69. The predicted octanol–water partition coefficient (Wildman–Crippen LogP) is 2.54. The monoisotopic (exact) mass is 321 g/mol. The zero-order valence-electron chi connectivity index (χ0n) is 8.82. The maximum atomic E-state index is 12.6. The molecule has 0 saturated carbocycles. The maximum Gasteiger partial charge on any atom is 0.416 e. The summed E-state index contributed by atoms with van der Waals surface area (Å²) in [6.45, 7) is -0.323. The first kappa shape index (κ1) is 13.0. The SMILES string of the molecule is OCc1cn(-c2cc(C(F)(F)F)ccc2Br)nn1. The van der Waals surface area contributed by atoms with Gasteiger partial charge in [-0.3, -0.25) is 0 Å². The fourth-order valence-corrected chi connectivity index (χ4v) is 1.78. The highest BCUT2D eigenvalue weighted by molar-refractivity contribution is 9.10. The molecule has 0 aliphatic carbocycles. The number of aliphatic hydroxyl groups excluding tert-OH is 1. The van der Waals surface area contributed by atoms with E-state index >= 15 is 0 Å². The van der Waals surface area contributed by atoms with Crippen LogP contribution in [0.5, 0.6) is 0 Å². The second-order valence-electron chi connectivity index (χ2n) is 3.48. The molecular weight excluding hydrogens is 315 g/mol. The lowest BCUT2D eigenvalue weighted by Gasteiger charge is -2.10. The van der Waals surface area contributed by atoms with Crippen molar-refractivity contribution in [3.05, 3.63) is 40.1 Å². The number of aliphatic hydroxyl groups is 1.